The van der Waals surface area contributed by atoms with Gasteiger partial charge < -0.3 is 35.4 Å². The minimum atomic E-state index is 0.123. The van der Waals surface area contributed by atoms with Crippen LogP contribution in [0.2, 0.25) is 0 Å². The molecule has 1 aromatic carbocycles. The Hall–Kier alpha value is -2.95. The number of urea groups is 1. The van der Waals surface area contributed by atoms with Gasteiger partial charge in [0, 0.05) is 70.2 Å². The lowest BCUT2D eigenvalue weighted by molar-refractivity contribution is 0.0428. The molecule has 5 rings (SSSR count). The third-order valence-electron chi connectivity index (χ3n) is 8.37. The molecular weight excluding hydrogens is 516 g/mol. The summed E-state index contributed by atoms with van der Waals surface area (Å²) in [6.45, 7) is 11.2. The number of ether oxygens (including phenoxy) is 1. The highest BCUT2D eigenvalue weighted by Gasteiger charge is 2.27. The first-order chi connectivity index (χ1) is 20.1. The van der Waals surface area contributed by atoms with Gasteiger partial charge in [-0.05, 0) is 50.4 Å². The van der Waals surface area contributed by atoms with Crippen molar-refractivity contribution >= 4 is 17.8 Å². The molecule has 0 bridgehead atoms. The Morgan fingerprint density at radius 1 is 0.878 bits per heavy atom. The van der Waals surface area contributed by atoms with Gasteiger partial charge >= 0.3 is 6.03 Å². The number of anilines is 2. The summed E-state index contributed by atoms with van der Waals surface area (Å²) in [6.07, 6.45) is 8.05. The molecule has 41 heavy (non-hydrogen) atoms. The van der Waals surface area contributed by atoms with Gasteiger partial charge in [0.25, 0.3) is 0 Å². The number of morpholine rings is 1. The summed E-state index contributed by atoms with van der Waals surface area (Å²) < 4.78 is 5.38. The van der Waals surface area contributed by atoms with Crippen molar-refractivity contribution in [1.29, 1.82) is 0 Å². The molecule has 10 nitrogen and oxygen atoms in total. The standard InChI is InChI=1S/C31H48N8O2/c1-25-22-29(37-14-16-38(17-15-37)31(40)39-18-20-41-21-19-39)36-30(35-25)34-24-27-10-8-26(9-11-27)23-32-12-5-13-33-28-6-3-2-4-7-28/h8-11,22,28,32-33H,2-7,12-21,23-24H2,1H3,(H,34,35,36). The first-order valence-corrected chi connectivity index (χ1v) is 15.6. The van der Waals surface area contributed by atoms with E-state index < -0.39 is 0 Å². The molecule has 3 heterocycles. The van der Waals surface area contributed by atoms with E-state index >= 15 is 0 Å². The average molecular weight is 565 g/mol. The van der Waals surface area contributed by atoms with E-state index in [9.17, 15) is 4.79 Å². The summed E-state index contributed by atoms with van der Waals surface area (Å²) in [5, 5.41) is 10.7. The van der Waals surface area contributed by atoms with Crippen LogP contribution in [-0.2, 0) is 17.8 Å². The number of rotatable bonds is 11. The summed E-state index contributed by atoms with van der Waals surface area (Å²) in [5.74, 6) is 1.55. The summed E-state index contributed by atoms with van der Waals surface area (Å²) in [4.78, 5) is 28.3. The first kappa shape index (κ1) is 29.5. The molecule has 0 spiro atoms. The average Bonchev–Trinajstić information content (AvgIpc) is 3.02. The van der Waals surface area contributed by atoms with Crippen LogP contribution in [0.1, 0.15) is 55.3 Å². The summed E-state index contributed by atoms with van der Waals surface area (Å²) in [7, 11) is 0. The fourth-order valence-corrected chi connectivity index (χ4v) is 5.89. The number of carbonyl (C=O) groups is 1. The van der Waals surface area contributed by atoms with Gasteiger partial charge in [0.2, 0.25) is 5.95 Å². The molecule has 3 fully saturated rings. The van der Waals surface area contributed by atoms with Crippen LogP contribution < -0.4 is 20.9 Å². The van der Waals surface area contributed by atoms with Crippen LogP contribution >= 0.6 is 0 Å². The molecule has 2 amide bonds. The Bertz CT molecular complexity index is 1080. The van der Waals surface area contributed by atoms with Crippen LogP contribution in [0.25, 0.3) is 0 Å². The van der Waals surface area contributed by atoms with Crippen molar-refractivity contribution in [2.24, 2.45) is 0 Å². The van der Waals surface area contributed by atoms with E-state index in [1.807, 2.05) is 22.8 Å². The Morgan fingerprint density at radius 3 is 2.29 bits per heavy atom. The van der Waals surface area contributed by atoms with Gasteiger partial charge in [0.05, 0.1) is 13.2 Å². The predicted octanol–water partition coefficient (Wildman–Crippen LogP) is 3.37. The largest absolute Gasteiger partial charge is 0.378 e. The maximum Gasteiger partial charge on any atom is 0.320 e. The van der Waals surface area contributed by atoms with Gasteiger partial charge in [-0.15, -0.1) is 0 Å². The van der Waals surface area contributed by atoms with Crippen molar-refractivity contribution in [2.45, 2.75) is 64.6 Å². The molecule has 0 unspecified atom stereocenters. The lowest BCUT2D eigenvalue weighted by atomic mass is 9.95. The van der Waals surface area contributed by atoms with Crippen molar-refractivity contribution in [1.82, 2.24) is 30.4 Å². The van der Waals surface area contributed by atoms with E-state index in [2.05, 4.69) is 50.1 Å². The zero-order valence-electron chi connectivity index (χ0n) is 24.7. The Morgan fingerprint density at radius 2 is 1.56 bits per heavy atom. The molecule has 1 aliphatic carbocycles. The van der Waals surface area contributed by atoms with Gasteiger partial charge in [-0.25, -0.2) is 9.78 Å². The van der Waals surface area contributed by atoms with Crippen LogP contribution in [0, 0.1) is 6.92 Å². The van der Waals surface area contributed by atoms with E-state index in [4.69, 9.17) is 9.72 Å². The highest BCUT2D eigenvalue weighted by Crippen LogP contribution is 2.19. The first-order valence-electron chi connectivity index (χ1n) is 15.6. The summed E-state index contributed by atoms with van der Waals surface area (Å²) in [6, 6.07) is 11.6. The Balaban J connectivity index is 1.02. The number of carbonyl (C=O) groups excluding carboxylic acids is 1. The third kappa shape index (κ3) is 9.02. The second-order valence-corrected chi connectivity index (χ2v) is 11.5. The summed E-state index contributed by atoms with van der Waals surface area (Å²) in [5.41, 5.74) is 3.43. The van der Waals surface area contributed by atoms with Crippen molar-refractivity contribution in [3.8, 4) is 0 Å². The molecule has 2 saturated heterocycles. The number of aryl methyl sites for hydroxylation is 1. The van der Waals surface area contributed by atoms with Crippen LogP contribution in [0.4, 0.5) is 16.6 Å². The van der Waals surface area contributed by atoms with Crippen molar-refractivity contribution in [3.05, 3.63) is 47.2 Å². The fraction of sp³-hybridized carbons (Fsp3) is 0.645. The number of benzene rings is 1. The number of aromatic nitrogens is 2. The van der Waals surface area contributed by atoms with Crippen LogP contribution in [0.15, 0.2) is 30.3 Å². The molecule has 2 aromatic rings. The van der Waals surface area contributed by atoms with Crippen LogP contribution in [0.5, 0.6) is 0 Å². The maximum atomic E-state index is 12.8. The predicted molar refractivity (Wildman–Crippen MR) is 163 cm³/mol. The van der Waals surface area contributed by atoms with E-state index in [0.29, 0.717) is 51.9 Å². The van der Waals surface area contributed by atoms with Gasteiger partial charge in [0.1, 0.15) is 5.82 Å². The Labute approximate surface area is 245 Å². The quantitative estimate of drug-likeness (QED) is 0.358. The Kier molecular flexibility index (Phi) is 11.0. The molecule has 3 N–H and O–H groups in total. The molecule has 224 valence electrons. The van der Waals surface area contributed by atoms with Gasteiger partial charge in [-0.1, -0.05) is 43.5 Å². The second kappa shape index (κ2) is 15.3. The van der Waals surface area contributed by atoms with Gasteiger partial charge in [0.15, 0.2) is 0 Å². The molecule has 0 atom stereocenters. The maximum absolute atomic E-state index is 12.8. The monoisotopic (exact) mass is 564 g/mol. The molecule has 3 aliphatic rings. The van der Waals surface area contributed by atoms with Crippen molar-refractivity contribution in [3.63, 3.8) is 0 Å². The zero-order valence-corrected chi connectivity index (χ0v) is 24.7. The lowest BCUT2D eigenvalue weighted by Gasteiger charge is -2.39. The van der Waals surface area contributed by atoms with E-state index in [1.54, 1.807) is 0 Å². The zero-order chi connectivity index (χ0) is 28.3. The highest BCUT2D eigenvalue weighted by atomic mass is 16.5. The molecule has 10 heteroatoms. The summed E-state index contributed by atoms with van der Waals surface area (Å²) >= 11 is 0. The second-order valence-electron chi connectivity index (χ2n) is 11.5. The SMILES string of the molecule is Cc1cc(N2CCN(C(=O)N3CCOCC3)CC2)nc(NCc2ccc(CNCCCNC3CCCCC3)cc2)n1. The number of piperazine rings is 1. The highest BCUT2D eigenvalue weighted by molar-refractivity contribution is 5.75. The lowest BCUT2D eigenvalue weighted by Crippen LogP contribution is -2.55. The molecule has 2 aliphatic heterocycles. The molecule has 1 saturated carbocycles. The van der Waals surface area contributed by atoms with Crippen LogP contribution in [-0.4, -0.2) is 97.4 Å². The van der Waals surface area contributed by atoms with E-state index in [0.717, 1.165) is 50.3 Å². The van der Waals surface area contributed by atoms with Crippen LogP contribution in [0.3, 0.4) is 0 Å². The molecule has 0 radical (unpaired) electrons. The van der Waals surface area contributed by atoms with Crippen molar-refractivity contribution < 1.29 is 9.53 Å². The normalized spacial score (nSPS) is 18.5. The van der Waals surface area contributed by atoms with E-state index in [-0.39, 0.29) is 6.03 Å². The number of nitrogens with one attached hydrogen (secondary N) is 3. The smallest absolute Gasteiger partial charge is 0.320 e. The minimum absolute atomic E-state index is 0.123. The molecule has 1 aromatic heterocycles. The number of hydrogen-bond acceptors (Lipinski definition) is 8. The third-order valence-corrected chi connectivity index (χ3v) is 8.37. The van der Waals surface area contributed by atoms with Gasteiger partial charge in [-0.2, -0.15) is 4.98 Å². The van der Waals surface area contributed by atoms with E-state index in [1.165, 1.54) is 49.7 Å². The van der Waals surface area contributed by atoms with Crippen molar-refractivity contribution in [2.75, 3.05) is 75.8 Å². The molecular formula is C31H48N8O2. The number of nitrogens with zero attached hydrogens (tertiary/aromatic N) is 5. The number of amides is 2. The topological polar surface area (TPSA) is 97.9 Å². The van der Waals surface area contributed by atoms with Gasteiger partial charge in [-0.3, -0.25) is 0 Å². The number of hydrogen-bond donors (Lipinski definition) is 3. The minimum Gasteiger partial charge on any atom is -0.378 e. The fourth-order valence-electron chi connectivity index (χ4n) is 5.89.